The molecule has 0 saturated carbocycles. The molecule has 0 rings (SSSR count). The third kappa shape index (κ3) is 41.1. The SMILES string of the molecule is O=C(O)[O][Pb][O]C(=O)O.O=C([O-])O.[Na+]. The van der Waals surface area contributed by atoms with Gasteiger partial charge in [-0.1, -0.05) is 0 Å². The van der Waals surface area contributed by atoms with Crippen LogP contribution in [-0.2, 0) is 5.37 Å². The summed E-state index contributed by atoms with van der Waals surface area (Å²) in [6, 6.07) is 0. The second-order valence-electron chi connectivity index (χ2n) is 1.09. The maximum atomic E-state index is 9.53. The van der Waals surface area contributed by atoms with Gasteiger partial charge in [0.15, 0.2) is 0 Å². The van der Waals surface area contributed by atoms with Gasteiger partial charge in [-0.2, -0.15) is 0 Å². The zero-order valence-electron chi connectivity index (χ0n) is 6.79. The summed E-state index contributed by atoms with van der Waals surface area (Å²) in [4.78, 5) is 27.5. The summed E-state index contributed by atoms with van der Waals surface area (Å²) in [6.45, 7) is 0. The maximum Gasteiger partial charge on any atom is 1.00 e. The van der Waals surface area contributed by atoms with Crippen LogP contribution in [0.1, 0.15) is 0 Å². The van der Waals surface area contributed by atoms with Crippen LogP contribution in [-0.4, -0.2) is 58.9 Å². The summed E-state index contributed by atoms with van der Waals surface area (Å²) >= 11 is -2.32. The zero-order valence-corrected chi connectivity index (χ0v) is 12.7. The fraction of sp³-hybridized carbons (Fsp3) is 0. The van der Waals surface area contributed by atoms with E-state index in [9.17, 15) is 9.59 Å². The van der Waals surface area contributed by atoms with Crippen molar-refractivity contribution in [3.63, 3.8) is 0 Å². The number of hydrogen-bond acceptors (Lipinski definition) is 6. The van der Waals surface area contributed by atoms with Crippen molar-refractivity contribution in [3.8, 4) is 0 Å². The average molecular weight is 413 g/mol. The largest absolute Gasteiger partial charge is 1.00 e. The average Bonchev–Trinajstić information content (AvgIpc) is 1.83. The summed E-state index contributed by atoms with van der Waals surface area (Å²) in [6.07, 6.45) is -5.06. The van der Waals surface area contributed by atoms with E-state index in [0.717, 1.165) is 0 Å². The normalized spacial score (nSPS) is 6.86. The van der Waals surface area contributed by atoms with Gasteiger partial charge in [0, 0.05) is 0 Å². The third-order valence-electron chi connectivity index (χ3n) is 0.258. The first-order chi connectivity index (χ1) is 5.86. The second kappa shape index (κ2) is 12.7. The van der Waals surface area contributed by atoms with Crippen LogP contribution < -0.4 is 34.7 Å². The Bertz CT molecular complexity index is 174. The van der Waals surface area contributed by atoms with Crippen molar-refractivity contribution >= 4 is 43.6 Å². The Balaban J connectivity index is -0.000000209. The summed E-state index contributed by atoms with van der Waals surface area (Å²) in [7, 11) is 0. The molecule has 0 heterocycles. The van der Waals surface area contributed by atoms with Crippen LogP contribution in [0, 0.1) is 0 Å². The van der Waals surface area contributed by atoms with Gasteiger partial charge in [-0.15, -0.1) is 0 Å². The van der Waals surface area contributed by atoms with Crippen LogP contribution >= 0.6 is 0 Å². The number of carbonyl (C=O) groups is 3. The molecule has 74 valence electrons. The van der Waals surface area contributed by atoms with E-state index >= 15 is 0 Å². The van der Waals surface area contributed by atoms with Gasteiger partial charge < -0.3 is 15.0 Å². The first kappa shape index (κ1) is 19.3. The van der Waals surface area contributed by atoms with Crippen LogP contribution in [0.4, 0.5) is 14.4 Å². The van der Waals surface area contributed by atoms with Crippen molar-refractivity contribution in [1.82, 2.24) is 0 Å². The molecule has 14 heavy (non-hydrogen) atoms. The molecule has 0 aromatic rings. The summed E-state index contributed by atoms with van der Waals surface area (Å²) in [5, 5.41) is 30.9. The quantitative estimate of drug-likeness (QED) is 0.383. The molecule has 0 aromatic carbocycles. The molecule has 0 spiro atoms. The van der Waals surface area contributed by atoms with E-state index in [1.165, 1.54) is 0 Å². The fourth-order valence-corrected chi connectivity index (χ4v) is 0.808. The van der Waals surface area contributed by atoms with E-state index in [2.05, 4.69) is 5.37 Å². The van der Waals surface area contributed by atoms with Gasteiger partial charge in [0.2, 0.25) is 6.16 Å². The molecule has 3 N–H and O–H groups in total. The predicted octanol–water partition coefficient (Wildman–Crippen LogP) is -4.20. The van der Waals surface area contributed by atoms with Crippen molar-refractivity contribution in [2.45, 2.75) is 0 Å². The molecular formula is C3H3NaO9Pb. The summed E-state index contributed by atoms with van der Waals surface area (Å²) in [5.74, 6) is 0. The van der Waals surface area contributed by atoms with Crippen molar-refractivity contribution in [1.29, 1.82) is 0 Å². The Morgan fingerprint density at radius 1 is 1.00 bits per heavy atom. The zero-order chi connectivity index (χ0) is 10.9. The van der Waals surface area contributed by atoms with Crippen LogP contribution in [0.3, 0.4) is 0 Å². The molecule has 0 unspecified atom stereocenters. The minimum atomic E-state index is -2.32. The third-order valence-corrected chi connectivity index (χ3v) is 2.26. The molecule has 0 aliphatic heterocycles. The minimum absolute atomic E-state index is 0. The van der Waals surface area contributed by atoms with Crippen LogP contribution in [0.25, 0.3) is 0 Å². The van der Waals surface area contributed by atoms with Gasteiger partial charge in [0.25, 0.3) is 0 Å². The molecule has 0 aliphatic rings. The van der Waals surface area contributed by atoms with Crippen molar-refractivity contribution in [2.75, 3.05) is 0 Å². The Morgan fingerprint density at radius 3 is 1.36 bits per heavy atom. The van der Waals surface area contributed by atoms with E-state index in [-0.39, 0.29) is 29.6 Å². The van der Waals surface area contributed by atoms with Crippen molar-refractivity contribution in [2.24, 2.45) is 0 Å². The minimum Gasteiger partial charge on any atom is -0.565 e. The molecule has 2 radical (unpaired) electrons. The van der Waals surface area contributed by atoms with Crippen molar-refractivity contribution < 1.29 is 69.7 Å². The van der Waals surface area contributed by atoms with Gasteiger partial charge in [0.05, 0.1) is 0 Å². The molecular weight excluding hydrogens is 410 g/mol. The fourth-order valence-electron chi connectivity index (χ4n) is 0.0921. The summed E-state index contributed by atoms with van der Waals surface area (Å²) in [5.41, 5.74) is 0. The van der Waals surface area contributed by atoms with Crippen molar-refractivity contribution in [3.05, 3.63) is 0 Å². The standard InChI is InChI=1S/3CH2O3.Na.Pb/c3*2-1(3)4;;/h3*(H2,2,3,4);;/q;;;+1;+2/p-3. The first-order valence-electron chi connectivity index (χ1n) is 2.30. The molecule has 9 nitrogen and oxygen atoms in total. The molecule has 11 heteroatoms. The van der Waals surface area contributed by atoms with E-state index in [1.54, 1.807) is 0 Å². The van der Waals surface area contributed by atoms with E-state index in [1.807, 2.05) is 0 Å². The molecule has 0 atom stereocenters. The predicted molar refractivity (Wildman–Crippen MR) is 32.0 cm³/mol. The topological polar surface area (TPSA) is 153 Å². The van der Waals surface area contributed by atoms with E-state index in [0.29, 0.717) is 0 Å². The molecule has 0 bridgehead atoms. The molecule has 0 aromatic heterocycles. The van der Waals surface area contributed by atoms with Gasteiger partial charge in [-0.25, -0.2) is 0 Å². The Labute approximate surface area is 112 Å². The smallest absolute Gasteiger partial charge is 0.565 e. The Hall–Kier alpha value is -0.268. The van der Waals surface area contributed by atoms with Gasteiger partial charge in [-0.05, 0) is 0 Å². The molecule has 0 amide bonds. The van der Waals surface area contributed by atoms with Gasteiger partial charge in [-0.3, -0.25) is 0 Å². The first-order valence-corrected chi connectivity index (χ1v) is 5.48. The summed E-state index contributed by atoms with van der Waals surface area (Å²) < 4.78 is 7.72. The molecule has 0 aliphatic carbocycles. The second-order valence-corrected chi connectivity index (χ2v) is 3.32. The van der Waals surface area contributed by atoms with Gasteiger partial charge in [0.1, 0.15) is 0 Å². The van der Waals surface area contributed by atoms with Gasteiger partial charge >= 0.3 is 92.2 Å². The molecule has 0 saturated heterocycles. The van der Waals surface area contributed by atoms with Crippen LogP contribution in [0.2, 0.25) is 0 Å². The van der Waals surface area contributed by atoms with E-state index in [4.69, 9.17) is 25.2 Å². The Kier molecular flexibility index (Phi) is 17.6. The van der Waals surface area contributed by atoms with Crippen LogP contribution in [0.15, 0.2) is 0 Å². The number of hydrogen-bond donors (Lipinski definition) is 3. The number of carboxylic acid groups (broad SMARTS) is 4. The maximum absolute atomic E-state index is 9.53. The monoisotopic (exact) mass is 414 g/mol. The number of rotatable bonds is 2. The van der Waals surface area contributed by atoms with E-state index < -0.39 is 43.6 Å². The molecule has 0 fully saturated rings. The Morgan fingerprint density at radius 2 is 1.21 bits per heavy atom. The van der Waals surface area contributed by atoms with Crippen LogP contribution in [0.5, 0.6) is 0 Å².